The number of anilines is 1. The number of hydrogen-bond acceptors (Lipinski definition) is 6. The van der Waals surface area contributed by atoms with E-state index in [1.807, 2.05) is 0 Å². The molecule has 0 fully saturated rings. The number of nitrogens with zero attached hydrogens (tertiary/aromatic N) is 3. The molecule has 5 N–H and O–H groups in total. The molecule has 0 amide bonds. The Bertz CT molecular complexity index is 577. The second kappa shape index (κ2) is 6.30. The van der Waals surface area contributed by atoms with Crippen molar-refractivity contribution >= 4 is 46.7 Å². The zero-order valence-electron chi connectivity index (χ0n) is 9.00. The summed E-state index contributed by atoms with van der Waals surface area (Å²) < 4.78 is 1.58. The van der Waals surface area contributed by atoms with Gasteiger partial charge in [0.2, 0.25) is 5.95 Å². The van der Waals surface area contributed by atoms with Gasteiger partial charge >= 0.3 is 29.6 Å². The zero-order chi connectivity index (χ0) is 12.4. The molecule has 2 aromatic heterocycles. The van der Waals surface area contributed by atoms with E-state index in [4.69, 9.17) is 15.9 Å². The van der Waals surface area contributed by atoms with Crippen molar-refractivity contribution in [3.63, 3.8) is 0 Å². The Balaban J connectivity index is 0.00000162. The van der Waals surface area contributed by atoms with Gasteiger partial charge in [0.25, 0.3) is 5.56 Å². The predicted octanol–water partition coefficient (Wildman–Crippen LogP) is -2.35. The average Bonchev–Trinajstić information content (AvgIpc) is 2.69. The van der Waals surface area contributed by atoms with Crippen molar-refractivity contribution in [1.29, 1.82) is 0 Å². The van der Waals surface area contributed by atoms with Gasteiger partial charge in [-0.3, -0.25) is 9.78 Å². The fourth-order valence-corrected chi connectivity index (χ4v) is 1.56. The SMILES string of the molecule is Nc1nc2c(ncn2CC(CO)CO)c(=O)[nH]1.[NaH]. The summed E-state index contributed by atoms with van der Waals surface area (Å²) in [6.45, 7) is 0.00306. The molecule has 0 atom stereocenters. The summed E-state index contributed by atoms with van der Waals surface area (Å²) in [4.78, 5) is 21.7. The van der Waals surface area contributed by atoms with Crippen molar-refractivity contribution in [1.82, 2.24) is 19.5 Å². The second-order valence-electron chi connectivity index (χ2n) is 3.75. The van der Waals surface area contributed by atoms with Gasteiger partial charge in [-0.1, -0.05) is 0 Å². The van der Waals surface area contributed by atoms with Gasteiger partial charge in [0, 0.05) is 25.7 Å². The topological polar surface area (TPSA) is 130 Å². The molecule has 9 heteroatoms. The number of nitrogens with one attached hydrogen (secondary N) is 1. The van der Waals surface area contributed by atoms with Gasteiger partial charge in [0.15, 0.2) is 11.2 Å². The Morgan fingerprint density at radius 3 is 2.72 bits per heavy atom. The molecule has 0 saturated carbocycles. The molecule has 0 aliphatic rings. The molecule has 0 radical (unpaired) electrons. The summed E-state index contributed by atoms with van der Waals surface area (Å²) >= 11 is 0. The number of nitrogen functional groups attached to an aromatic ring is 1. The van der Waals surface area contributed by atoms with Crippen LogP contribution in [0.3, 0.4) is 0 Å². The molecule has 0 bridgehead atoms. The monoisotopic (exact) mass is 263 g/mol. The maximum atomic E-state index is 11.5. The van der Waals surface area contributed by atoms with Crippen LogP contribution in [0.5, 0.6) is 0 Å². The molecule has 18 heavy (non-hydrogen) atoms. The van der Waals surface area contributed by atoms with E-state index in [1.165, 1.54) is 6.33 Å². The van der Waals surface area contributed by atoms with Crippen LogP contribution in [0.4, 0.5) is 5.95 Å². The van der Waals surface area contributed by atoms with Crippen LogP contribution in [0.1, 0.15) is 0 Å². The number of H-pyrrole nitrogens is 1. The van der Waals surface area contributed by atoms with Crippen LogP contribution in [0.25, 0.3) is 11.2 Å². The molecule has 8 nitrogen and oxygen atoms in total. The predicted molar refractivity (Wildman–Crippen MR) is 67.4 cm³/mol. The first kappa shape index (κ1) is 15.1. The van der Waals surface area contributed by atoms with E-state index in [0.717, 1.165) is 0 Å². The van der Waals surface area contributed by atoms with Crippen LogP contribution in [0.2, 0.25) is 0 Å². The standard InChI is InChI=1S/C9H13N5O3.Na.H/c10-9-12-7-6(8(17)13-9)11-4-14(7)1-5(2-15)3-16;;/h4-5,15-16H,1-3H2,(H3,10,12,13,17);;. The van der Waals surface area contributed by atoms with Crippen molar-refractivity contribution in [2.45, 2.75) is 6.54 Å². The molecule has 0 aliphatic carbocycles. The summed E-state index contributed by atoms with van der Waals surface area (Å²) in [5.41, 5.74) is 5.57. The first-order chi connectivity index (χ1) is 8.15. The number of aromatic nitrogens is 4. The molecule has 0 spiro atoms. The van der Waals surface area contributed by atoms with Gasteiger partial charge in [0.05, 0.1) is 6.33 Å². The molecule has 0 saturated heterocycles. The van der Waals surface area contributed by atoms with E-state index in [0.29, 0.717) is 12.2 Å². The molecule has 2 heterocycles. The number of hydrogen-bond donors (Lipinski definition) is 4. The number of aliphatic hydroxyl groups is 2. The first-order valence-electron chi connectivity index (χ1n) is 5.08. The van der Waals surface area contributed by atoms with Gasteiger partial charge in [-0.2, -0.15) is 4.98 Å². The van der Waals surface area contributed by atoms with Crippen LogP contribution in [-0.2, 0) is 6.54 Å². The normalized spacial score (nSPS) is 10.8. The number of nitrogens with two attached hydrogens (primary N) is 1. The molecule has 2 rings (SSSR count). The van der Waals surface area contributed by atoms with E-state index in [-0.39, 0.29) is 60.2 Å². The minimum absolute atomic E-state index is 0. The molecule has 0 aliphatic heterocycles. The molecular formula is C9H14N5NaO3. The Kier molecular flexibility index (Phi) is 5.29. The minimum atomic E-state index is -0.407. The fraction of sp³-hybridized carbons (Fsp3) is 0.444. The van der Waals surface area contributed by atoms with E-state index in [9.17, 15) is 4.79 Å². The van der Waals surface area contributed by atoms with Crippen molar-refractivity contribution in [2.24, 2.45) is 5.92 Å². The van der Waals surface area contributed by atoms with Crippen LogP contribution in [0, 0.1) is 5.92 Å². The van der Waals surface area contributed by atoms with Crippen molar-refractivity contribution < 1.29 is 10.2 Å². The van der Waals surface area contributed by atoms with Crippen LogP contribution >= 0.6 is 0 Å². The van der Waals surface area contributed by atoms with Crippen molar-refractivity contribution in [2.75, 3.05) is 18.9 Å². The quantitative estimate of drug-likeness (QED) is 0.457. The van der Waals surface area contributed by atoms with E-state index < -0.39 is 5.56 Å². The summed E-state index contributed by atoms with van der Waals surface area (Å²) in [6.07, 6.45) is 1.44. The molecule has 0 aromatic carbocycles. The summed E-state index contributed by atoms with van der Waals surface area (Å²) in [5, 5.41) is 18.0. The van der Waals surface area contributed by atoms with E-state index in [2.05, 4.69) is 15.0 Å². The van der Waals surface area contributed by atoms with Gasteiger partial charge in [-0.05, 0) is 0 Å². The number of imidazole rings is 1. The summed E-state index contributed by atoms with van der Waals surface area (Å²) in [5.74, 6) is -0.316. The Morgan fingerprint density at radius 2 is 2.11 bits per heavy atom. The third-order valence-corrected chi connectivity index (χ3v) is 2.46. The van der Waals surface area contributed by atoms with Gasteiger partial charge in [-0.15, -0.1) is 0 Å². The zero-order valence-corrected chi connectivity index (χ0v) is 9.00. The van der Waals surface area contributed by atoms with E-state index in [1.54, 1.807) is 4.57 Å². The Labute approximate surface area is 124 Å². The van der Waals surface area contributed by atoms with Gasteiger partial charge < -0.3 is 20.5 Å². The average molecular weight is 263 g/mol. The number of rotatable bonds is 4. The van der Waals surface area contributed by atoms with Crippen LogP contribution < -0.4 is 11.3 Å². The Morgan fingerprint density at radius 1 is 1.44 bits per heavy atom. The Hall–Kier alpha value is -0.930. The van der Waals surface area contributed by atoms with Crippen molar-refractivity contribution in [3.05, 3.63) is 16.7 Å². The molecular weight excluding hydrogens is 249 g/mol. The molecule has 2 aromatic rings. The molecule has 0 unspecified atom stereocenters. The number of fused-ring (bicyclic) bond motifs is 1. The second-order valence-corrected chi connectivity index (χ2v) is 3.75. The van der Waals surface area contributed by atoms with E-state index >= 15 is 0 Å². The van der Waals surface area contributed by atoms with Crippen molar-refractivity contribution in [3.8, 4) is 0 Å². The van der Waals surface area contributed by atoms with Crippen LogP contribution in [0.15, 0.2) is 11.1 Å². The first-order valence-corrected chi connectivity index (χ1v) is 5.08. The third kappa shape index (κ3) is 2.90. The van der Waals surface area contributed by atoms with Gasteiger partial charge in [0.1, 0.15) is 0 Å². The summed E-state index contributed by atoms with van der Waals surface area (Å²) in [6, 6.07) is 0. The number of aromatic amines is 1. The van der Waals surface area contributed by atoms with Crippen LogP contribution in [-0.4, -0.2) is 72.5 Å². The fourth-order valence-electron chi connectivity index (χ4n) is 1.56. The number of aliphatic hydroxyl groups excluding tert-OH is 2. The molecule has 94 valence electrons. The maximum absolute atomic E-state index is 11.5. The third-order valence-electron chi connectivity index (χ3n) is 2.46. The summed E-state index contributed by atoms with van der Waals surface area (Å²) in [7, 11) is 0. The van der Waals surface area contributed by atoms with Gasteiger partial charge in [-0.25, -0.2) is 4.98 Å².